The van der Waals surface area contributed by atoms with Gasteiger partial charge in [-0.25, -0.2) is 13.1 Å². The monoisotopic (exact) mass is 258 g/mol. The summed E-state index contributed by atoms with van der Waals surface area (Å²) in [5.74, 6) is -0.587. The minimum absolute atomic E-state index is 0.0878. The van der Waals surface area contributed by atoms with Crippen LogP contribution in [0.15, 0.2) is 35.2 Å². The molecule has 1 aromatic rings. The molecule has 94 valence electrons. The molecule has 0 unspecified atom stereocenters. The zero-order valence-electron chi connectivity index (χ0n) is 9.13. The zero-order valence-corrected chi connectivity index (χ0v) is 9.94. The smallest absolute Gasteiger partial charge is 0.243 e. The van der Waals surface area contributed by atoms with Crippen molar-refractivity contribution in [3.63, 3.8) is 0 Å². The highest BCUT2D eigenvalue weighted by Gasteiger charge is 2.11. The van der Waals surface area contributed by atoms with Gasteiger partial charge in [-0.05, 0) is 12.1 Å². The van der Waals surface area contributed by atoms with Gasteiger partial charge >= 0.3 is 0 Å². The van der Waals surface area contributed by atoms with Gasteiger partial charge in [-0.3, -0.25) is 4.79 Å². The van der Waals surface area contributed by atoms with E-state index in [2.05, 4.69) is 4.72 Å². The van der Waals surface area contributed by atoms with Gasteiger partial charge in [-0.2, -0.15) is 0 Å². The highest BCUT2D eigenvalue weighted by atomic mass is 32.2. The van der Waals surface area contributed by atoms with Gasteiger partial charge in [0.25, 0.3) is 0 Å². The average Bonchev–Trinajstić information content (AvgIpc) is 2.29. The molecule has 0 atom stereocenters. The molecular formula is C10H14N2O4S. The van der Waals surface area contributed by atoms with E-state index in [4.69, 9.17) is 10.5 Å². The summed E-state index contributed by atoms with van der Waals surface area (Å²) in [6.45, 7) is -0.0351. The van der Waals surface area contributed by atoms with E-state index in [0.717, 1.165) is 0 Å². The van der Waals surface area contributed by atoms with E-state index in [1.165, 1.54) is 12.1 Å². The molecule has 0 fully saturated rings. The van der Waals surface area contributed by atoms with Crippen molar-refractivity contribution in [2.45, 2.75) is 4.90 Å². The maximum atomic E-state index is 11.7. The van der Waals surface area contributed by atoms with Gasteiger partial charge in [0.05, 0.1) is 11.5 Å². The molecule has 17 heavy (non-hydrogen) atoms. The van der Waals surface area contributed by atoms with Crippen LogP contribution in [0.4, 0.5) is 0 Å². The van der Waals surface area contributed by atoms with E-state index in [0.29, 0.717) is 0 Å². The highest BCUT2D eigenvalue weighted by molar-refractivity contribution is 7.89. The molecular weight excluding hydrogens is 244 g/mol. The number of rotatable bonds is 7. The lowest BCUT2D eigenvalue weighted by molar-refractivity contribution is -0.122. The van der Waals surface area contributed by atoms with Gasteiger partial charge in [0, 0.05) is 6.54 Å². The van der Waals surface area contributed by atoms with Crippen LogP contribution in [0, 0.1) is 0 Å². The van der Waals surface area contributed by atoms with E-state index in [-0.39, 0.29) is 24.7 Å². The Balaban J connectivity index is 2.39. The van der Waals surface area contributed by atoms with Crippen LogP contribution in [0.5, 0.6) is 0 Å². The lowest BCUT2D eigenvalue weighted by Gasteiger charge is -2.06. The summed E-state index contributed by atoms with van der Waals surface area (Å²) in [4.78, 5) is 10.5. The molecule has 3 N–H and O–H groups in total. The Labute approximate surface area is 99.8 Å². The summed E-state index contributed by atoms with van der Waals surface area (Å²) in [7, 11) is -3.51. The van der Waals surface area contributed by atoms with Crippen LogP contribution in [0.25, 0.3) is 0 Å². The van der Waals surface area contributed by atoms with Crippen molar-refractivity contribution in [1.29, 1.82) is 0 Å². The van der Waals surface area contributed by atoms with Crippen molar-refractivity contribution in [3.8, 4) is 0 Å². The summed E-state index contributed by atoms with van der Waals surface area (Å²) in [5, 5.41) is 0. The van der Waals surface area contributed by atoms with Crippen molar-refractivity contribution in [1.82, 2.24) is 4.72 Å². The number of amides is 1. The molecule has 1 aromatic carbocycles. The van der Waals surface area contributed by atoms with E-state index in [1.54, 1.807) is 18.2 Å². The second kappa shape index (κ2) is 6.33. The number of sulfonamides is 1. The standard InChI is InChI=1S/C10H14N2O4S/c11-10(13)8-16-7-6-12-17(14,15)9-4-2-1-3-5-9/h1-5,12H,6-8H2,(H2,11,13). The molecule has 0 spiro atoms. The van der Waals surface area contributed by atoms with Gasteiger partial charge in [-0.15, -0.1) is 0 Å². The molecule has 0 aliphatic rings. The Bertz CT molecular complexity index is 458. The maximum absolute atomic E-state index is 11.7. The summed E-state index contributed by atoms with van der Waals surface area (Å²) >= 11 is 0. The second-order valence-corrected chi connectivity index (χ2v) is 5.00. The Morgan fingerprint density at radius 2 is 1.94 bits per heavy atom. The number of hydrogen-bond acceptors (Lipinski definition) is 4. The normalized spacial score (nSPS) is 11.3. The average molecular weight is 258 g/mol. The van der Waals surface area contributed by atoms with E-state index in [1.807, 2.05) is 0 Å². The molecule has 7 heteroatoms. The molecule has 0 heterocycles. The number of nitrogens with two attached hydrogens (primary N) is 1. The number of hydrogen-bond donors (Lipinski definition) is 2. The fourth-order valence-corrected chi connectivity index (χ4v) is 2.14. The van der Waals surface area contributed by atoms with Gasteiger partial charge in [-0.1, -0.05) is 18.2 Å². The van der Waals surface area contributed by atoms with Crippen LogP contribution in [0.3, 0.4) is 0 Å². The van der Waals surface area contributed by atoms with Crippen LogP contribution in [0.2, 0.25) is 0 Å². The largest absolute Gasteiger partial charge is 0.370 e. The van der Waals surface area contributed by atoms with E-state index >= 15 is 0 Å². The van der Waals surface area contributed by atoms with Crippen LogP contribution in [0.1, 0.15) is 0 Å². The Morgan fingerprint density at radius 3 is 2.53 bits per heavy atom. The fourth-order valence-electron chi connectivity index (χ4n) is 1.10. The van der Waals surface area contributed by atoms with Gasteiger partial charge in [0.15, 0.2) is 0 Å². The minimum Gasteiger partial charge on any atom is -0.370 e. The molecule has 0 bridgehead atoms. The summed E-state index contributed by atoms with van der Waals surface area (Å²) < 4.78 is 30.5. The van der Waals surface area contributed by atoms with Crippen molar-refractivity contribution < 1.29 is 17.9 Å². The summed E-state index contributed by atoms with van der Waals surface area (Å²) in [6, 6.07) is 7.99. The molecule has 0 radical (unpaired) electrons. The number of primary amides is 1. The van der Waals surface area contributed by atoms with E-state index in [9.17, 15) is 13.2 Å². The first-order valence-corrected chi connectivity index (χ1v) is 6.41. The van der Waals surface area contributed by atoms with Gasteiger partial charge < -0.3 is 10.5 Å². The molecule has 1 rings (SSSR count). The van der Waals surface area contributed by atoms with Crippen LogP contribution < -0.4 is 10.5 Å². The van der Waals surface area contributed by atoms with Gasteiger partial charge in [0.2, 0.25) is 15.9 Å². The first kappa shape index (κ1) is 13.6. The number of carbonyl (C=O) groups excluding carboxylic acids is 1. The Kier molecular flexibility index (Phi) is 5.08. The zero-order chi connectivity index (χ0) is 12.7. The molecule has 1 amide bonds. The number of benzene rings is 1. The molecule has 0 aliphatic carbocycles. The minimum atomic E-state index is -3.51. The quantitative estimate of drug-likeness (QED) is 0.642. The first-order chi connectivity index (χ1) is 8.02. The Morgan fingerprint density at radius 1 is 1.29 bits per heavy atom. The van der Waals surface area contributed by atoms with Crippen LogP contribution in [-0.4, -0.2) is 34.1 Å². The van der Waals surface area contributed by atoms with Crippen molar-refractivity contribution in [2.24, 2.45) is 5.73 Å². The third kappa shape index (κ3) is 4.94. The van der Waals surface area contributed by atoms with Crippen molar-refractivity contribution in [2.75, 3.05) is 19.8 Å². The SMILES string of the molecule is NC(=O)COCCNS(=O)(=O)c1ccccc1. The molecule has 0 aromatic heterocycles. The number of nitrogens with one attached hydrogen (secondary N) is 1. The lowest BCUT2D eigenvalue weighted by Crippen LogP contribution is -2.28. The first-order valence-electron chi connectivity index (χ1n) is 4.93. The second-order valence-electron chi connectivity index (χ2n) is 3.23. The van der Waals surface area contributed by atoms with Crippen LogP contribution in [-0.2, 0) is 19.6 Å². The van der Waals surface area contributed by atoms with Crippen LogP contribution >= 0.6 is 0 Å². The van der Waals surface area contributed by atoms with Crippen molar-refractivity contribution >= 4 is 15.9 Å². The summed E-state index contributed by atoms with van der Waals surface area (Å²) in [6.07, 6.45) is 0. The number of ether oxygens (including phenoxy) is 1. The maximum Gasteiger partial charge on any atom is 0.243 e. The van der Waals surface area contributed by atoms with E-state index < -0.39 is 15.9 Å². The Hall–Kier alpha value is -1.44. The van der Waals surface area contributed by atoms with Gasteiger partial charge in [0.1, 0.15) is 6.61 Å². The molecule has 6 nitrogen and oxygen atoms in total. The third-order valence-corrected chi connectivity index (χ3v) is 3.31. The third-order valence-electron chi connectivity index (χ3n) is 1.84. The van der Waals surface area contributed by atoms with Crippen molar-refractivity contribution in [3.05, 3.63) is 30.3 Å². The predicted octanol–water partition coefficient (Wildman–Crippen LogP) is -0.533. The highest BCUT2D eigenvalue weighted by Crippen LogP contribution is 2.06. The number of carbonyl (C=O) groups is 1. The topological polar surface area (TPSA) is 98.5 Å². The lowest BCUT2D eigenvalue weighted by atomic mass is 10.4. The predicted molar refractivity (Wildman–Crippen MR) is 61.6 cm³/mol. The molecule has 0 aliphatic heterocycles. The molecule has 0 saturated carbocycles. The fraction of sp³-hybridized carbons (Fsp3) is 0.300. The summed E-state index contributed by atoms with van der Waals surface area (Å²) in [5.41, 5.74) is 4.85. The molecule has 0 saturated heterocycles.